The highest BCUT2D eigenvalue weighted by Crippen LogP contribution is 2.32. The van der Waals surface area contributed by atoms with Gasteiger partial charge in [-0.3, -0.25) is 28.8 Å². The molecular formula is C88H106O23. The standard InChI is InChI=1S/C11H16O4.C11H12O3.C10H14O3.2C10H12O2.C9H10O3.3C9H10O2/c1-7(6-12)11(14)8-3-4-9(13)10(5-8)15-2;1-7(12)11(13)9-2-3-10-8(6-9)4-5-14-10;1-2-9(12)10(13)7-3-5-8(11)6-4-7;2*1-8(11)10(12-2)9-6-4-3-5-7-9;1-6(10)9(12)7-3-2-4-8(11)5-7;3*1-7(10)9(11)8-5-3-2-4-6-8/h3-5,7,11-14H,6H2,1-2H3;2-7,11-13H,1H3;3-6,9-13H,2H2,1H3;2*3-7,10H,1-2H3;2-5,9,11-12H,1H3;3*2-6,9,11H,1H3. The zero-order chi connectivity index (χ0) is 83.3. The number of aromatic hydroxyl groups is 3. The Balaban J connectivity index is 0.000000425. The van der Waals surface area contributed by atoms with Gasteiger partial charge >= 0.3 is 0 Å². The summed E-state index contributed by atoms with van der Waals surface area (Å²) in [7, 11) is 4.53. The molecule has 0 spiro atoms. The molecule has 10 rings (SSSR count). The molecule has 10 aromatic rings. The number of carbonyl (C=O) groups is 6. The summed E-state index contributed by atoms with van der Waals surface area (Å²) in [6, 6.07) is 69.6. The SMILES string of the molecule is CC(=O)C(O)c1cccc(O)c1.CC(=O)C(O)c1ccccc1.CC(=O)C(O)c1ccccc1.CC(=O)C(O)c1ccccc1.CC(O)C(O)c1ccc2occc2c1.CCC(O)C(O)c1ccc(O)cc1.COC(C(C)=O)c1ccccc1.COC(C(C)=O)c1ccccc1.COc1cc(C(O)C(C)CO)ccc1O. The van der Waals surface area contributed by atoms with Crippen LogP contribution in [0.25, 0.3) is 11.0 Å². The van der Waals surface area contributed by atoms with Crippen molar-refractivity contribution in [2.24, 2.45) is 5.92 Å². The predicted molar refractivity (Wildman–Crippen MR) is 422 cm³/mol. The summed E-state index contributed by atoms with van der Waals surface area (Å²) < 4.78 is 20.2. The van der Waals surface area contributed by atoms with Gasteiger partial charge in [0.15, 0.2) is 46.2 Å². The predicted octanol–water partition coefficient (Wildman–Crippen LogP) is 13.0. The monoisotopic (exact) mass is 1530 g/mol. The van der Waals surface area contributed by atoms with Crippen LogP contribution in [0.1, 0.15) is 174 Å². The number of hydrogen-bond donors (Lipinski definition) is 13. The third-order valence-corrected chi connectivity index (χ3v) is 16.2. The van der Waals surface area contributed by atoms with E-state index in [9.17, 15) is 79.8 Å². The number of benzene rings is 9. The molecule has 1 aromatic heterocycles. The molecule has 13 N–H and O–H groups in total. The van der Waals surface area contributed by atoms with Crippen LogP contribution in [-0.4, -0.2) is 141 Å². The van der Waals surface area contributed by atoms with E-state index >= 15 is 0 Å². The third kappa shape index (κ3) is 35.2. The van der Waals surface area contributed by atoms with Crippen molar-refractivity contribution >= 4 is 45.7 Å². The highest BCUT2D eigenvalue weighted by molar-refractivity contribution is 5.84. The molecule has 0 fully saturated rings. The Morgan fingerprint density at radius 3 is 1.06 bits per heavy atom. The minimum Gasteiger partial charge on any atom is -0.508 e. The molecule has 0 radical (unpaired) electrons. The minimum absolute atomic E-state index is 0.0312. The molecule has 23 nitrogen and oxygen atoms in total. The maximum Gasteiger partial charge on any atom is 0.163 e. The van der Waals surface area contributed by atoms with Crippen LogP contribution in [-0.2, 0) is 38.2 Å². The van der Waals surface area contributed by atoms with E-state index in [-0.39, 0.29) is 64.5 Å². The number of rotatable bonds is 23. The number of phenols is 3. The van der Waals surface area contributed by atoms with Gasteiger partial charge in [-0.2, -0.15) is 0 Å². The van der Waals surface area contributed by atoms with Gasteiger partial charge in [0.25, 0.3) is 0 Å². The fourth-order valence-corrected chi connectivity index (χ4v) is 9.74. The van der Waals surface area contributed by atoms with Crippen LogP contribution in [0.2, 0.25) is 0 Å². The Labute approximate surface area is 648 Å². The Hall–Kier alpha value is -10.7. The molecule has 0 aliphatic rings. The van der Waals surface area contributed by atoms with E-state index in [0.717, 1.165) is 22.1 Å². The van der Waals surface area contributed by atoms with Crippen molar-refractivity contribution in [1.82, 2.24) is 0 Å². The summed E-state index contributed by atoms with van der Waals surface area (Å²) in [5.74, 6) is -0.646. The summed E-state index contributed by atoms with van der Waals surface area (Å²) in [6.07, 6.45) is -6.71. The van der Waals surface area contributed by atoms with E-state index in [1.54, 1.807) is 163 Å². The van der Waals surface area contributed by atoms with Crippen LogP contribution >= 0.6 is 0 Å². The van der Waals surface area contributed by atoms with Gasteiger partial charge in [0.05, 0.1) is 31.7 Å². The fourth-order valence-electron chi connectivity index (χ4n) is 9.74. The van der Waals surface area contributed by atoms with Gasteiger partial charge in [0.1, 0.15) is 65.9 Å². The van der Waals surface area contributed by atoms with Gasteiger partial charge in [0.2, 0.25) is 0 Å². The van der Waals surface area contributed by atoms with E-state index < -0.39 is 67.1 Å². The summed E-state index contributed by atoms with van der Waals surface area (Å²) in [4.78, 5) is 64.9. The van der Waals surface area contributed by atoms with Gasteiger partial charge in [-0.1, -0.05) is 202 Å². The molecule has 1 heterocycles. The Morgan fingerprint density at radius 2 is 0.721 bits per heavy atom. The largest absolute Gasteiger partial charge is 0.508 e. The first-order valence-corrected chi connectivity index (χ1v) is 35.2. The molecule has 0 amide bonds. The van der Waals surface area contributed by atoms with Crippen LogP contribution < -0.4 is 4.74 Å². The van der Waals surface area contributed by atoms with E-state index in [0.29, 0.717) is 51.1 Å². The number of hydrogen-bond acceptors (Lipinski definition) is 23. The van der Waals surface area contributed by atoms with Crippen molar-refractivity contribution in [3.63, 3.8) is 0 Å². The number of ketones is 6. The van der Waals surface area contributed by atoms with Crippen molar-refractivity contribution in [3.05, 3.63) is 299 Å². The number of furan rings is 1. The van der Waals surface area contributed by atoms with E-state index in [1.807, 2.05) is 91.0 Å². The number of ether oxygens (including phenoxy) is 3. The topological polar surface area (TPSA) is 406 Å². The number of aliphatic hydroxyl groups is 10. The molecular weight excluding hydrogens is 1420 g/mol. The van der Waals surface area contributed by atoms with Gasteiger partial charge in [-0.15, -0.1) is 0 Å². The summed E-state index contributed by atoms with van der Waals surface area (Å²) in [6.45, 7) is 13.5. The fraction of sp³-hybridized carbons (Fsp3) is 0.295. The average molecular weight is 1530 g/mol. The average Bonchev–Trinajstić information content (AvgIpc) is 1.74. The zero-order valence-electron chi connectivity index (χ0n) is 64.4. The second-order valence-electron chi connectivity index (χ2n) is 25.1. The lowest BCUT2D eigenvalue weighted by atomic mass is 9.98. The lowest BCUT2D eigenvalue weighted by Gasteiger charge is -2.17. The van der Waals surface area contributed by atoms with Crippen LogP contribution in [0, 0.1) is 5.92 Å². The smallest absolute Gasteiger partial charge is 0.163 e. The first-order valence-electron chi connectivity index (χ1n) is 35.2. The first kappa shape index (κ1) is 96.3. The third-order valence-electron chi connectivity index (χ3n) is 16.2. The first-order chi connectivity index (χ1) is 52.7. The van der Waals surface area contributed by atoms with Crippen molar-refractivity contribution in [1.29, 1.82) is 0 Å². The Morgan fingerprint density at radius 1 is 0.360 bits per heavy atom. The maximum absolute atomic E-state index is 11.1. The van der Waals surface area contributed by atoms with Crippen LogP contribution in [0.4, 0.5) is 0 Å². The molecule has 9 aromatic carbocycles. The van der Waals surface area contributed by atoms with E-state index in [1.165, 1.54) is 79.0 Å². The minimum atomic E-state index is -1.13. The molecule has 0 aliphatic carbocycles. The second kappa shape index (κ2) is 52.4. The van der Waals surface area contributed by atoms with E-state index in [4.69, 9.17) is 33.9 Å². The summed E-state index contributed by atoms with van der Waals surface area (Å²) >= 11 is 0. The van der Waals surface area contributed by atoms with Gasteiger partial charge in [0, 0.05) is 32.1 Å². The molecule has 12 atom stereocenters. The van der Waals surface area contributed by atoms with Gasteiger partial charge in [-0.25, -0.2) is 0 Å². The normalized spacial score (nSPS) is 13.5. The zero-order valence-corrected chi connectivity index (χ0v) is 64.4. The Bertz CT molecular complexity index is 4080. The number of fused-ring (bicyclic) bond motifs is 1. The highest BCUT2D eigenvalue weighted by Gasteiger charge is 2.21. The van der Waals surface area contributed by atoms with Crippen molar-refractivity contribution in [2.75, 3.05) is 27.9 Å². The maximum atomic E-state index is 11.1. The number of Topliss-reactive ketones (excluding diaryl/α,β-unsaturated/α-hetero) is 6. The molecule has 12 unspecified atom stereocenters. The van der Waals surface area contributed by atoms with Crippen molar-refractivity contribution in [2.45, 2.75) is 136 Å². The molecule has 0 aliphatic heterocycles. The van der Waals surface area contributed by atoms with Crippen molar-refractivity contribution < 1.29 is 114 Å². The number of carbonyl (C=O) groups excluding carboxylic acids is 6. The number of aliphatic hydroxyl groups excluding tert-OH is 10. The molecule has 111 heavy (non-hydrogen) atoms. The van der Waals surface area contributed by atoms with Crippen LogP contribution in [0.15, 0.2) is 253 Å². The highest BCUT2D eigenvalue weighted by atomic mass is 16.5. The quantitative estimate of drug-likeness (QED) is 0.0283. The van der Waals surface area contributed by atoms with Crippen molar-refractivity contribution in [3.8, 4) is 23.0 Å². The summed E-state index contributed by atoms with van der Waals surface area (Å²) in [5, 5.41) is 122. The number of phenolic OH excluding ortho intramolecular Hbond substituents is 3. The lowest BCUT2D eigenvalue weighted by Crippen LogP contribution is -2.16. The van der Waals surface area contributed by atoms with E-state index in [2.05, 4.69) is 0 Å². The lowest BCUT2D eigenvalue weighted by molar-refractivity contribution is -0.127. The van der Waals surface area contributed by atoms with Gasteiger partial charge < -0.3 is 85.0 Å². The van der Waals surface area contributed by atoms with Crippen LogP contribution in [0.5, 0.6) is 23.0 Å². The molecule has 23 heteroatoms. The molecule has 0 bridgehead atoms. The van der Waals surface area contributed by atoms with Gasteiger partial charge in [-0.05, 0) is 160 Å². The second-order valence-corrected chi connectivity index (χ2v) is 25.1. The molecule has 0 saturated heterocycles. The number of methoxy groups -OCH3 is 3. The molecule has 0 saturated carbocycles. The molecule has 596 valence electrons. The Kier molecular flexibility index (Phi) is 45.5. The summed E-state index contributed by atoms with van der Waals surface area (Å²) in [5.41, 5.74) is 6.92. The van der Waals surface area contributed by atoms with Crippen LogP contribution in [0.3, 0.4) is 0 Å².